The SMILES string of the molecule is c1ccc(CSc2nc3c(c(-c4ccccc4)n2)CCCC3)cc1. The molecule has 0 aliphatic heterocycles. The zero-order valence-corrected chi connectivity index (χ0v) is 14.4. The smallest absolute Gasteiger partial charge is 0.188 e. The minimum absolute atomic E-state index is 0.901. The number of hydrogen-bond acceptors (Lipinski definition) is 3. The first-order valence-electron chi connectivity index (χ1n) is 8.52. The highest BCUT2D eigenvalue weighted by molar-refractivity contribution is 7.98. The number of aryl methyl sites for hydroxylation is 1. The molecule has 3 heteroatoms. The van der Waals surface area contributed by atoms with Gasteiger partial charge in [-0.25, -0.2) is 9.97 Å². The first kappa shape index (κ1) is 15.4. The lowest BCUT2D eigenvalue weighted by Gasteiger charge is -2.19. The van der Waals surface area contributed by atoms with Gasteiger partial charge in [0.15, 0.2) is 5.16 Å². The molecule has 2 nitrogen and oxygen atoms in total. The maximum absolute atomic E-state index is 4.92. The standard InChI is InChI=1S/C21H20N2S/c1-3-9-16(10-4-1)15-24-21-22-19-14-8-7-13-18(19)20(23-21)17-11-5-2-6-12-17/h1-6,9-12H,7-8,13-15H2. The lowest BCUT2D eigenvalue weighted by molar-refractivity contribution is 0.651. The van der Waals surface area contributed by atoms with E-state index in [0.717, 1.165) is 29.4 Å². The molecule has 1 aliphatic carbocycles. The highest BCUT2D eigenvalue weighted by atomic mass is 32.2. The van der Waals surface area contributed by atoms with Gasteiger partial charge in [0.1, 0.15) is 0 Å². The van der Waals surface area contributed by atoms with Gasteiger partial charge >= 0.3 is 0 Å². The lowest BCUT2D eigenvalue weighted by atomic mass is 9.92. The van der Waals surface area contributed by atoms with E-state index in [-0.39, 0.29) is 0 Å². The van der Waals surface area contributed by atoms with E-state index in [9.17, 15) is 0 Å². The summed E-state index contributed by atoms with van der Waals surface area (Å²) < 4.78 is 0. The molecule has 0 spiro atoms. The van der Waals surface area contributed by atoms with E-state index in [1.54, 1.807) is 11.8 Å². The summed E-state index contributed by atoms with van der Waals surface area (Å²) >= 11 is 1.73. The van der Waals surface area contributed by atoms with Crippen LogP contribution in [0.3, 0.4) is 0 Å². The number of benzene rings is 2. The number of nitrogens with zero attached hydrogens (tertiary/aromatic N) is 2. The Labute approximate surface area is 147 Å². The van der Waals surface area contributed by atoms with E-state index in [2.05, 4.69) is 60.7 Å². The molecule has 0 radical (unpaired) electrons. The Hall–Kier alpha value is -2.13. The molecule has 0 amide bonds. The molecule has 1 aliphatic rings. The molecule has 2 aromatic carbocycles. The van der Waals surface area contributed by atoms with Crippen LogP contribution >= 0.6 is 11.8 Å². The van der Waals surface area contributed by atoms with Crippen LogP contribution < -0.4 is 0 Å². The van der Waals surface area contributed by atoms with Crippen molar-refractivity contribution in [1.82, 2.24) is 9.97 Å². The van der Waals surface area contributed by atoms with Crippen molar-refractivity contribution in [2.24, 2.45) is 0 Å². The summed E-state index contributed by atoms with van der Waals surface area (Å²) in [7, 11) is 0. The molecule has 1 aromatic heterocycles. The fourth-order valence-corrected chi connectivity index (χ4v) is 4.01. The van der Waals surface area contributed by atoms with Crippen LogP contribution in [0.5, 0.6) is 0 Å². The molecule has 0 N–H and O–H groups in total. The summed E-state index contributed by atoms with van der Waals surface area (Å²) in [5.41, 5.74) is 6.27. The highest BCUT2D eigenvalue weighted by Gasteiger charge is 2.18. The van der Waals surface area contributed by atoms with Gasteiger partial charge in [-0.3, -0.25) is 0 Å². The van der Waals surface area contributed by atoms with Crippen molar-refractivity contribution in [3.63, 3.8) is 0 Å². The maximum Gasteiger partial charge on any atom is 0.188 e. The molecule has 0 saturated carbocycles. The summed E-state index contributed by atoms with van der Waals surface area (Å²) in [6.45, 7) is 0. The maximum atomic E-state index is 4.92. The normalized spacial score (nSPS) is 13.5. The van der Waals surface area contributed by atoms with Crippen LogP contribution in [-0.2, 0) is 18.6 Å². The minimum Gasteiger partial charge on any atom is -0.227 e. The summed E-state index contributed by atoms with van der Waals surface area (Å²) in [4.78, 5) is 9.79. The van der Waals surface area contributed by atoms with Gasteiger partial charge in [0.05, 0.1) is 5.69 Å². The van der Waals surface area contributed by atoms with Gasteiger partial charge in [-0.15, -0.1) is 0 Å². The number of aromatic nitrogens is 2. The van der Waals surface area contributed by atoms with Crippen molar-refractivity contribution < 1.29 is 0 Å². The zero-order valence-electron chi connectivity index (χ0n) is 13.6. The van der Waals surface area contributed by atoms with E-state index in [1.807, 2.05) is 0 Å². The van der Waals surface area contributed by atoms with Crippen molar-refractivity contribution >= 4 is 11.8 Å². The van der Waals surface area contributed by atoms with E-state index < -0.39 is 0 Å². The Bertz CT molecular complexity index is 816. The summed E-state index contributed by atoms with van der Waals surface area (Å²) in [6, 6.07) is 21.1. The Morgan fingerprint density at radius 2 is 1.50 bits per heavy atom. The van der Waals surface area contributed by atoms with Gasteiger partial charge < -0.3 is 0 Å². The Kier molecular flexibility index (Phi) is 4.61. The number of fused-ring (bicyclic) bond motifs is 1. The molecule has 24 heavy (non-hydrogen) atoms. The van der Waals surface area contributed by atoms with Crippen LogP contribution in [0.4, 0.5) is 0 Å². The number of thioether (sulfide) groups is 1. The molecule has 0 atom stereocenters. The molecule has 0 fully saturated rings. The molecule has 0 saturated heterocycles. The predicted molar refractivity (Wildman–Crippen MR) is 100 cm³/mol. The Morgan fingerprint density at radius 1 is 0.792 bits per heavy atom. The first-order chi connectivity index (χ1) is 11.9. The largest absolute Gasteiger partial charge is 0.227 e. The van der Waals surface area contributed by atoms with E-state index in [0.29, 0.717) is 0 Å². The van der Waals surface area contributed by atoms with Gasteiger partial charge in [-0.1, -0.05) is 72.4 Å². The third kappa shape index (κ3) is 3.36. The van der Waals surface area contributed by atoms with Crippen molar-refractivity contribution in [3.05, 3.63) is 77.5 Å². The second kappa shape index (κ2) is 7.18. The van der Waals surface area contributed by atoms with Crippen LogP contribution in [0.25, 0.3) is 11.3 Å². The average Bonchev–Trinajstić information content (AvgIpc) is 2.67. The van der Waals surface area contributed by atoms with Crippen LogP contribution in [-0.4, -0.2) is 9.97 Å². The average molecular weight is 332 g/mol. The van der Waals surface area contributed by atoms with Crippen molar-refractivity contribution in [1.29, 1.82) is 0 Å². The zero-order chi connectivity index (χ0) is 16.2. The van der Waals surface area contributed by atoms with Gasteiger partial charge in [0, 0.05) is 22.6 Å². The van der Waals surface area contributed by atoms with Gasteiger partial charge in [-0.2, -0.15) is 0 Å². The molecule has 120 valence electrons. The second-order valence-corrected chi connectivity index (χ2v) is 7.07. The highest BCUT2D eigenvalue weighted by Crippen LogP contribution is 2.32. The van der Waals surface area contributed by atoms with Crippen molar-refractivity contribution in [2.45, 2.75) is 36.6 Å². The molecular weight excluding hydrogens is 312 g/mol. The summed E-state index contributed by atoms with van der Waals surface area (Å²) in [6.07, 6.45) is 4.66. The molecule has 3 aromatic rings. The monoisotopic (exact) mass is 332 g/mol. The second-order valence-electron chi connectivity index (χ2n) is 6.13. The first-order valence-corrected chi connectivity index (χ1v) is 9.50. The van der Waals surface area contributed by atoms with Crippen LogP contribution in [0.15, 0.2) is 65.8 Å². The number of hydrogen-bond donors (Lipinski definition) is 0. The van der Waals surface area contributed by atoms with E-state index >= 15 is 0 Å². The van der Waals surface area contributed by atoms with Crippen molar-refractivity contribution in [2.75, 3.05) is 0 Å². The fourth-order valence-electron chi connectivity index (χ4n) is 3.19. The van der Waals surface area contributed by atoms with Gasteiger partial charge in [0.25, 0.3) is 0 Å². The fraction of sp³-hybridized carbons (Fsp3) is 0.238. The quantitative estimate of drug-likeness (QED) is 0.478. The predicted octanol–water partition coefficient (Wildman–Crippen LogP) is 5.31. The third-order valence-electron chi connectivity index (χ3n) is 4.42. The van der Waals surface area contributed by atoms with Crippen molar-refractivity contribution in [3.8, 4) is 11.3 Å². The minimum atomic E-state index is 0.901. The summed E-state index contributed by atoms with van der Waals surface area (Å²) in [5, 5.41) is 0.901. The number of rotatable bonds is 4. The molecule has 4 rings (SSSR count). The Morgan fingerprint density at radius 3 is 2.29 bits per heavy atom. The molecule has 1 heterocycles. The van der Waals surface area contributed by atoms with Crippen LogP contribution in [0, 0.1) is 0 Å². The lowest BCUT2D eigenvalue weighted by Crippen LogP contribution is -2.10. The molecule has 0 unspecified atom stereocenters. The molecule has 0 bridgehead atoms. The Balaban J connectivity index is 1.68. The molecular formula is C21H20N2S. The third-order valence-corrected chi connectivity index (χ3v) is 5.34. The summed E-state index contributed by atoms with van der Waals surface area (Å²) in [5.74, 6) is 0.911. The van der Waals surface area contributed by atoms with Crippen LogP contribution in [0.2, 0.25) is 0 Å². The van der Waals surface area contributed by atoms with Crippen LogP contribution in [0.1, 0.15) is 29.7 Å². The van der Waals surface area contributed by atoms with Gasteiger partial charge in [-0.05, 0) is 31.2 Å². The van der Waals surface area contributed by atoms with Gasteiger partial charge in [0.2, 0.25) is 0 Å². The van der Waals surface area contributed by atoms with E-state index in [1.165, 1.54) is 35.2 Å². The topological polar surface area (TPSA) is 25.8 Å². The van der Waals surface area contributed by atoms with E-state index in [4.69, 9.17) is 9.97 Å².